The van der Waals surface area contributed by atoms with E-state index in [0.717, 1.165) is 0 Å². The minimum atomic E-state index is -0.365. The Labute approximate surface area is 109 Å². The largest absolute Gasteiger partial charge is 0.383 e. The van der Waals surface area contributed by atoms with Gasteiger partial charge in [0, 0.05) is 25.3 Å². The fourth-order valence-corrected chi connectivity index (χ4v) is 1.67. The average Bonchev–Trinajstić information content (AvgIpc) is 2.23. The molecule has 0 saturated carbocycles. The molecule has 1 amide bonds. The van der Waals surface area contributed by atoms with Crippen LogP contribution < -0.4 is 0 Å². The number of amides is 1. The molecule has 4 nitrogen and oxygen atoms in total. The van der Waals surface area contributed by atoms with Gasteiger partial charge in [0.25, 0.3) is 0 Å². The summed E-state index contributed by atoms with van der Waals surface area (Å²) < 4.78 is 4.71. The Morgan fingerprint density at radius 1 is 1.47 bits per heavy atom. The van der Waals surface area contributed by atoms with Gasteiger partial charge >= 0.3 is 0 Å². The third kappa shape index (κ3) is 6.07. The normalized spacial score (nSPS) is 16.1. The molecule has 1 unspecified atom stereocenters. The molecule has 100 valence electrons. The zero-order chi connectivity index (χ0) is 13.6. The molecule has 0 radical (unpaired) electrons. The van der Waals surface area contributed by atoms with Gasteiger partial charge in [-0.05, 0) is 27.2 Å². The van der Waals surface area contributed by atoms with Gasteiger partial charge in [0.1, 0.15) is 0 Å². The van der Waals surface area contributed by atoms with Crippen molar-refractivity contribution in [1.82, 2.24) is 4.90 Å². The van der Waals surface area contributed by atoms with Gasteiger partial charge in [0.05, 0.1) is 12.6 Å². The first-order valence-corrected chi connectivity index (χ1v) is 6.13. The maximum atomic E-state index is 11.8. The van der Waals surface area contributed by atoms with E-state index in [4.69, 9.17) is 4.74 Å². The number of ketones is 1. The first kappa shape index (κ1) is 16.4. The van der Waals surface area contributed by atoms with Crippen LogP contribution in [0.4, 0.5) is 0 Å². The van der Waals surface area contributed by atoms with Crippen LogP contribution in [-0.4, -0.2) is 48.1 Å². The molecule has 0 aliphatic rings. The van der Waals surface area contributed by atoms with Gasteiger partial charge in [0.15, 0.2) is 5.78 Å². The lowest BCUT2D eigenvalue weighted by Crippen LogP contribution is -2.40. The molecule has 0 aromatic heterocycles. The van der Waals surface area contributed by atoms with Crippen molar-refractivity contribution < 1.29 is 14.3 Å². The number of nitrogens with zero attached hydrogens (tertiary/aromatic N) is 1. The number of hydrogen-bond acceptors (Lipinski definition) is 4. The second-order valence-corrected chi connectivity index (χ2v) is 5.80. The van der Waals surface area contributed by atoms with Crippen LogP contribution in [0.3, 0.4) is 0 Å². The first-order valence-electron chi connectivity index (χ1n) is 5.68. The van der Waals surface area contributed by atoms with E-state index in [9.17, 15) is 9.59 Å². The molecule has 0 aromatic carbocycles. The highest BCUT2D eigenvalue weighted by atomic mass is 32.1. The molecule has 0 saturated heterocycles. The van der Waals surface area contributed by atoms with Gasteiger partial charge in [-0.2, -0.15) is 12.6 Å². The summed E-state index contributed by atoms with van der Waals surface area (Å²) in [7, 11) is 3.26. The van der Waals surface area contributed by atoms with Crippen LogP contribution in [0.5, 0.6) is 0 Å². The van der Waals surface area contributed by atoms with E-state index in [2.05, 4.69) is 12.6 Å². The fraction of sp³-hybridized carbons (Fsp3) is 0.833. The van der Waals surface area contributed by atoms with E-state index in [-0.39, 0.29) is 22.5 Å². The van der Waals surface area contributed by atoms with Gasteiger partial charge in [-0.15, -0.1) is 0 Å². The van der Waals surface area contributed by atoms with Crippen LogP contribution in [0.15, 0.2) is 0 Å². The second kappa shape index (κ2) is 7.01. The molecule has 0 fully saturated rings. The van der Waals surface area contributed by atoms with Gasteiger partial charge in [0.2, 0.25) is 5.91 Å². The smallest absolute Gasteiger partial charge is 0.222 e. The Bertz CT molecular complexity index is 279. The Kier molecular flexibility index (Phi) is 6.78. The molecule has 0 aliphatic carbocycles. The number of carbonyl (C=O) groups is 2. The van der Waals surface area contributed by atoms with Crippen molar-refractivity contribution in [3.05, 3.63) is 0 Å². The number of hydrogen-bond donors (Lipinski definition) is 1. The lowest BCUT2D eigenvalue weighted by atomic mass is 10.0. The van der Waals surface area contributed by atoms with Crippen LogP contribution >= 0.6 is 12.6 Å². The summed E-state index contributed by atoms with van der Waals surface area (Å²) in [6.07, 6.45) is 0.995. The topological polar surface area (TPSA) is 46.6 Å². The summed E-state index contributed by atoms with van der Waals surface area (Å²) in [6, 6.07) is -0.365. The number of likely N-dealkylation sites (N-methyl/N-ethyl adjacent to an activating group) is 1. The van der Waals surface area contributed by atoms with Crippen LogP contribution in [0.25, 0.3) is 0 Å². The average molecular weight is 261 g/mol. The zero-order valence-electron chi connectivity index (χ0n) is 11.3. The number of thiol groups is 1. The first-order chi connectivity index (χ1) is 7.71. The molecule has 0 heterocycles. The second-order valence-electron chi connectivity index (χ2n) is 4.72. The Hall–Kier alpha value is -0.550. The van der Waals surface area contributed by atoms with Crippen molar-refractivity contribution >= 4 is 24.3 Å². The Morgan fingerprint density at radius 3 is 2.41 bits per heavy atom. The third-order valence-corrected chi connectivity index (χ3v) is 3.25. The highest BCUT2D eigenvalue weighted by Crippen LogP contribution is 2.21. The predicted octanol–water partition coefficient (Wildman–Crippen LogP) is 1.54. The highest BCUT2D eigenvalue weighted by Gasteiger charge is 2.24. The molecule has 0 aromatic rings. The van der Waals surface area contributed by atoms with E-state index in [1.807, 2.05) is 6.92 Å². The summed E-state index contributed by atoms with van der Waals surface area (Å²) in [5.41, 5.74) is 0. The molecule has 0 spiro atoms. The van der Waals surface area contributed by atoms with Gasteiger partial charge in [-0.3, -0.25) is 9.59 Å². The van der Waals surface area contributed by atoms with Crippen LogP contribution in [0, 0.1) is 0 Å². The minimum Gasteiger partial charge on any atom is -0.383 e. The van der Waals surface area contributed by atoms with Crippen molar-refractivity contribution in [3.8, 4) is 0 Å². The summed E-state index contributed by atoms with van der Waals surface area (Å²) in [6.45, 7) is 5.65. The maximum Gasteiger partial charge on any atom is 0.222 e. The van der Waals surface area contributed by atoms with E-state index >= 15 is 0 Å². The third-order valence-electron chi connectivity index (χ3n) is 2.90. The van der Waals surface area contributed by atoms with Crippen molar-refractivity contribution in [2.45, 2.75) is 44.4 Å². The Morgan fingerprint density at radius 2 is 2.00 bits per heavy atom. The molecular formula is C12H23NO3S. The van der Waals surface area contributed by atoms with Crippen molar-refractivity contribution in [3.63, 3.8) is 0 Å². The lowest BCUT2D eigenvalue weighted by molar-refractivity contribution is -0.137. The van der Waals surface area contributed by atoms with E-state index < -0.39 is 0 Å². The molecule has 0 aliphatic heterocycles. The van der Waals surface area contributed by atoms with E-state index in [0.29, 0.717) is 19.4 Å². The molecule has 2 atom stereocenters. The van der Waals surface area contributed by atoms with Gasteiger partial charge in [-0.1, -0.05) is 0 Å². The number of rotatable bonds is 7. The standard InChI is InChI=1S/C12H23NO3S/c1-9(10(2)14)13(4)11(15)6-7-12(3,17)8-16-5/h9,17H,6-8H2,1-5H3/t9-,12?/m0/s1. The summed E-state index contributed by atoms with van der Waals surface area (Å²) >= 11 is 4.44. The monoisotopic (exact) mass is 261 g/mol. The SMILES string of the molecule is COCC(C)(S)CCC(=O)N(C)[C@@H](C)C(C)=O. The lowest BCUT2D eigenvalue weighted by Gasteiger charge is -2.26. The van der Waals surface area contributed by atoms with Gasteiger partial charge in [-0.25, -0.2) is 0 Å². The predicted molar refractivity (Wildman–Crippen MR) is 71.4 cm³/mol. The number of Topliss-reactive ketones (excluding diaryl/α,β-unsaturated/α-hetero) is 1. The van der Waals surface area contributed by atoms with Crippen LogP contribution in [0.1, 0.15) is 33.6 Å². The van der Waals surface area contributed by atoms with E-state index in [1.54, 1.807) is 21.1 Å². The molecular weight excluding hydrogens is 238 g/mol. The zero-order valence-corrected chi connectivity index (χ0v) is 12.2. The molecule has 0 rings (SSSR count). The number of methoxy groups -OCH3 is 1. The van der Waals surface area contributed by atoms with Crippen LogP contribution in [-0.2, 0) is 14.3 Å². The minimum absolute atomic E-state index is 0.00798. The van der Waals surface area contributed by atoms with Gasteiger partial charge < -0.3 is 9.64 Å². The summed E-state index contributed by atoms with van der Waals surface area (Å²) in [5.74, 6) is -0.0459. The quantitative estimate of drug-likeness (QED) is 0.707. The number of ether oxygens (including phenoxy) is 1. The highest BCUT2D eigenvalue weighted by molar-refractivity contribution is 7.81. The number of carbonyl (C=O) groups excluding carboxylic acids is 2. The molecule has 0 bridgehead atoms. The molecule has 5 heteroatoms. The molecule has 0 N–H and O–H groups in total. The van der Waals surface area contributed by atoms with Crippen molar-refractivity contribution in [1.29, 1.82) is 0 Å². The van der Waals surface area contributed by atoms with E-state index in [1.165, 1.54) is 11.8 Å². The molecule has 17 heavy (non-hydrogen) atoms. The van der Waals surface area contributed by atoms with Crippen molar-refractivity contribution in [2.75, 3.05) is 20.8 Å². The Balaban J connectivity index is 4.23. The maximum absolute atomic E-state index is 11.8. The fourth-order valence-electron chi connectivity index (χ4n) is 1.42. The summed E-state index contributed by atoms with van der Waals surface area (Å²) in [4.78, 5) is 24.5. The van der Waals surface area contributed by atoms with Crippen LogP contribution in [0.2, 0.25) is 0 Å². The summed E-state index contributed by atoms with van der Waals surface area (Å²) in [5, 5.41) is 0. The van der Waals surface area contributed by atoms with Crippen molar-refractivity contribution in [2.24, 2.45) is 0 Å².